The van der Waals surface area contributed by atoms with Crippen molar-refractivity contribution in [1.29, 1.82) is 5.26 Å². The summed E-state index contributed by atoms with van der Waals surface area (Å²) in [6, 6.07) is 13.3. The van der Waals surface area contributed by atoms with E-state index in [4.69, 9.17) is 15.7 Å². The fourth-order valence-corrected chi connectivity index (χ4v) is 2.76. The van der Waals surface area contributed by atoms with Gasteiger partial charge in [-0.3, -0.25) is 0 Å². The number of nitrogens with one attached hydrogen (secondary N) is 1. The lowest BCUT2D eigenvalue weighted by atomic mass is 10.0. The molecule has 0 radical (unpaired) electrons. The highest BCUT2D eigenvalue weighted by Crippen LogP contribution is 2.26. The number of aromatic amines is 1. The molecule has 0 amide bonds. The van der Waals surface area contributed by atoms with E-state index in [9.17, 15) is 0 Å². The van der Waals surface area contributed by atoms with Gasteiger partial charge < -0.3 is 10.5 Å². The van der Waals surface area contributed by atoms with Gasteiger partial charge in [-0.15, -0.1) is 5.10 Å². The minimum atomic E-state index is 0.326. The molecule has 1 aromatic carbocycles. The van der Waals surface area contributed by atoms with Crippen LogP contribution in [0.3, 0.4) is 0 Å². The first-order valence-corrected chi connectivity index (χ1v) is 8.20. The first-order chi connectivity index (χ1) is 13.1. The minimum absolute atomic E-state index is 0.326. The standard InChI is InChI=1S/C19H15N7O/c1-11-6-12(13-4-5-15(8-20)22-9-13)2-3-14(11)10-27-16-7-17(21)23-19-18(16)24-26-25-19/h2-7,9H,10H2,1H3,(H3,21,23,24,25,26). The molecule has 0 saturated heterocycles. The van der Waals surface area contributed by atoms with E-state index in [1.54, 1.807) is 18.3 Å². The minimum Gasteiger partial charge on any atom is -0.486 e. The third-order valence-corrected chi connectivity index (χ3v) is 4.21. The maximum absolute atomic E-state index is 8.85. The summed E-state index contributed by atoms with van der Waals surface area (Å²) < 4.78 is 5.91. The molecule has 3 heterocycles. The van der Waals surface area contributed by atoms with Crippen molar-refractivity contribution in [2.24, 2.45) is 0 Å². The molecule has 0 aliphatic carbocycles. The van der Waals surface area contributed by atoms with Crippen LogP contribution in [0.25, 0.3) is 22.3 Å². The Labute approximate surface area is 154 Å². The number of aryl methyl sites for hydroxylation is 1. The number of H-pyrrole nitrogens is 1. The molecule has 0 bridgehead atoms. The molecule has 0 aliphatic heterocycles. The number of aromatic nitrogens is 5. The van der Waals surface area contributed by atoms with Crippen molar-refractivity contribution in [2.75, 3.05) is 5.73 Å². The molecule has 0 saturated carbocycles. The van der Waals surface area contributed by atoms with Gasteiger partial charge in [-0.05, 0) is 35.7 Å². The number of anilines is 1. The molecule has 0 atom stereocenters. The molecular weight excluding hydrogens is 342 g/mol. The molecule has 3 N–H and O–H groups in total. The maximum Gasteiger partial charge on any atom is 0.207 e. The topological polar surface area (TPSA) is 126 Å². The Kier molecular flexibility index (Phi) is 4.10. The Hall–Kier alpha value is -3.99. The number of hydrogen-bond acceptors (Lipinski definition) is 7. The number of pyridine rings is 2. The van der Waals surface area contributed by atoms with Crippen LogP contribution in [0.4, 0.5) is 5.82 Å². The van der Waals surface area contributed by atoms with Crippen molar-refractivity contribution < 1.29 is 4.74 Å². The first kappa shape index (κ1) is 16.5. The van der Waals surface area contributed by atoms with Crippen LogP contribution >= 0.6 is 0 Å². The average Bonchev–Trinajstić information content (AvgIpc) is 3.15. The van der Waals surface area contributed by atoms with Gasteiger partial charge in [0.25, 0.3) is 0 Å². The van der Waals surface area contributed by atoms with Gasteiger partial charge in [0, 0.05) is 17.8 Å². The quantitative estimate of drug-likeness (QED) is 0.575. The monoisotopic (exact) mass is 357 g/mol. The number of nitrogen functional groups attached to an aromatic ring is 1. The van der Waals surface area contributed by atoms with Gasteiger partial charge in [-0.25, -0.2) is 9.97 Å². The highest BCUT2D eigenvalue weighted by atomic mass is 16.5. The molecule has 132 valence electrons. The molecule has 8 heteroatoms. The van der Waals surface area contributed by atoms with Gasteiger partial charge >= 0.3 is 0 Å². The van der Waals surface area contributed by atoms with Crippen molar-refractivity contribution in [1.82, 2.24) is 25.4 Å². The van der Waals surface area contributed by atoms with E-state index in [2.05, 4.69) is 31.4 Å². The number of hydrogen-bond donors (Lipinski definition) is 2. The fourth-order valence-electron chi connectivity index (χ4n) is 2.76. The van der Waals surface area contributed by atoms with Crippen LogP contribution in [0.15, 0.2) is 42.6 Å². The molecule has 0 fully saturated rings. The number of ether oxygens (including phenoxy) is 1. The predicted molar refractivity (Wildman–Crippen MR) is 99.6 cm³/mol. The molecule has 27 heavy (non-hydrogen) atoms. The molecule has 0 spiro atoms. The number of nitrogens with two attached hydrogens (primary N) is 1. The largest absolute Gasteiger partial charge is 0.486 e. The van der Waals surface area contributed by atoms with E-state index in [1.807, 2.05) is 31.2 Å². The SMILES string of the molecule is Cc1cc(-c2ccc(C#N)nc2)ccc1COc1cc(N)nc2n[nH]nc12. The number of nitriles is 1. The molecule has 0 aliphatic rings. The second kappa shape index (κ2) is 6.72. The van der Waals surface area contributed by atoms with E-state index < -0.39 is 0 Å². The van der Waals surface area contributed by atoms with Gasteiger partial charge in [0.1, 0.15) is 24.2 Å². The lowest BCUT2D eigenvalue weighted by Crippen LogP contribution is -2.00. The van der Waals surface area contributed by atoms with E-state index in [-0.39, 0.29) is 0 Å². The van der Waals surface area contributed by atoms with Gasteiger partial charge in [-0.2, -0.15) is 15.6 Å². The summed E-state index contributed by atoms with van der Waals surface area (Å²) in [6.45, 7) is 2.38. The Morgan fingerprint density at radius 3 is 2.74 bits per heavy atom. The molecule has 0 unspecified atom stereocenters. The second-order valence-electron chi connectivity index (χ2n) is 6.01. The molecule has 3 aromatic heterocycles. The summed E-state index contributed by atoms with van der Waals surface area (Å²) >= 11 is 0. The van der Waals surface area contributed by atoms with Crippen molar-refractivity contribution in [3.8, 4) is 22.9 Å². The predicted octanol–water partition coefficient (Wildman–Crippen LogP) is 2.76. The maximum atomic E-state index is 8.85. The van der Waals surface area contributed by atoms with Crippen LogP contribution in [0.1, 0.15) is 16.8 Å². The van der Waals surface area contributed by atoms with Crippen LogP contribution in [0, 0.1) is 18.3 Å². The Morgan fingerprint density at radius 1 is 1.15 bits per heavy atom. The zero-order chi connectivity index (χ0) is 18.8. The number of fused-ring (bicyclic) bond motifs is 1. The average molecular weight is 357 g/mol. The van der Waals surface area contributed by atoms with Crippen molar-refractivity contribution >= 4 is 17.0 Å². The Morgan fingerprint density at radius 2 is 2.00 bits per heavy atom. The van der Waals surface area contributed by atoms with Gasteiger partial charge in [0.15, 0.2) is 11.3 Å². The summed E-state index contributed by atoms with van der Waals surface area (Å²) in [6.07, 6.45) is 1.70. The Bertz CT molecular complexity index is 1160. The molecule has 4 aromatic rings. The molecule has 8 nitrogen and oxygen atoms in total. The van der Waals surface area contributed by atoms with E-state index in [0.717, 1.165) is 22.3 Å². The van der Waals surface area contributed by atoms with Crippen molar-refractivity contribution in [3.05, 3.63) is 59.4 Å². The van der Waals surface area contributed by atoms with Crippen molar-refractivity contribution in [2.45, 2.75) is 13.5 Å². The van der Waals surface area contributed by atoms with Crippen LogP contribution < -0.4 is 10.5 Å². The summed E-state index contributed by atoms with van der Waals surface area (Å²) in [5.74, 6) is 0.859. The Balaban J connectivity index is 1.56. The molecule has 4 rings (SSSR count). The summed E-state index contributed by atoms with van der Waals surface area (Å²) in [5, 5.41) is 19.4. The number of rotatable bonds is 4. The highest BCUT2D eigenvalue weighted by Gasteiger charge is 2.11. The fraction of sp³-hybridized carbons (Fsp3) is 0.105. The number of benzene rings is 1. The molecular formula is C19H15N7O. The lowest BCUT2D eigenvalue weighted by molar-refractivity contribution is 0.308. The second-order valence-corrected chi connectivity index (χ2v) is 6.01. The normalized spacial score (nSPS) is 10.7. The number of nitrogens with zero attached hydrogens (tertiary/aromatic N) is 5. The zero-order valence-electron chi connectivity index (χ0n) is 14.5. The zero-order valence-corrected chi connectivity index (χ0v) is 14.5. The van der Waals surface area contributed by atoms with E-state index in [0.29, 0.717) is 35.0 Å². The summed E-state index contributed by atoms with van der Waals surface area (Å²) in [7, 11) is 0. The van der Waals surface area contributed by atoms with Crippen LogP contribution in [-0.2, 0) is 6.61 Å². The van der Waals surface area contributed by atoms with Crippen LogP contribution in [0.2, 0.25) is 0 Å². The highest BCUT2D eigenvalue weighted by molar-refractivity contribution is 5.78. The smallest absolute Gasteiger partial charge is 0.207 e. The van der Waals surface area contributed by atoms with Gasteiger partial charge in [-0.1, -0.05) is 18.2 Å². The van der Waals surface area contributed by atoms with Crippen molar-refractivity contribution in [3.63, 3.8) is 0 Å². The van der Waals surface area contributed by atoms with Crippen LogP contribution in [0.5, 0.6) is 5.75 Å². The third-order valence-electron chi connectivity index (χ3n) is 4.21. The van der Waals surface area contributed by atoms with Gasteiger partial charge in [0.2, 0.25) is 5.65 Å². The lowest BCUT2D eigenvalue weighted by Gasteiger charge is -2.11. The summed E-state index contributed by atoms with van der Waals surface area (Å²) in [4.78, 5) is 8.21. The van der Waals surface area contributed by atoms with E-state index in [1.165, 1.54) is 0 Å². The first-order valence-electron chi connectivity index (χ1n) is 8.20. The third kappa shape index (κ3) is 3.26. The van der Waals surface area contributed by atoms with E-state index >= 15 is 0 Å². The summed E-state index contributed by atoms with van der Waals surface area (Å²) in [5.41, 5.74) is 11.2. The van der Waals surface area contributed by atoms with Gasteiger partial charge in [0.05, 0.1) is 0 Å². The van der Waals surface area contributed by atoms with Crippen LogP contribution in [-0.4, -0.2) is 25.4 Å².